The van der Waals surface area contributed by atoms with Gasteiger partial charge in [-0.3, -0.25) is 9.59 Å². The normalized spacial score (nSPS) is 10.7. The van der Waals surface area contributed by atoms with Crippen LogP contribution in [-0.4, -0.2) is 25.1 Å². The molecule has 0 heterocycles. The minimum Gasteiger partial charge on any atom is -0.493 e. The van der Waals surface area contributed by atoms with Crippen LogP contribution < -0.4 is 20.2 Å². The summed E-state index contributed by atoms with van der Waals surface area (Å²) >= 11 is 24.1. The van der Waals surface area contributed by atoms with E-state index in [9.17, 15) is 9.59 Å². The standard InChI is InChI=1S/C23H17Cl4N3O4/c1-33-19-10-14(9-17(26)21(19)34-12-13-5-7-15(24)8-6-13)11-28-30-23(32)22(31)29-18-4-2-3-16(25)20(18)27/h2-11H,12H2,1H3,(H,29,31)(H,30,32)/b28-11-. The van der Waals surface area contributed by atoms with Crippen molar-refractivity contribution in [2.75, 3.05) is 12.4 Å². The summed E-state index contributed by atoms with van der Waals surface area (Å²) < 4.78 is 11.2. The van der Waals surface area contributed by atoms with E-state index in [1.807, 2.05) is 12.1 Å². The van der Waals surface area contributed by atoms with Gasteiger partial charge in [0.1, 0.15) is 6.61 Å². The van der Waals surface area contributed by atoms with Crippen molar-refractivity contribution in [1.29, 1.82) is 0 Å². The highest BCUT2D eigenvalue weighted by atomic mass is 35.5. The first-order valence-electron chi connectivity index (χ1n) is 9.61. The van der Waals surface area contributed by atoms with Crippen LogP contribution in [0.2, 0.25) is 20.1 Å². The van der Waals surface area contributed by atoms with E-state index in [0.717, 1.165) is 5.56 Å². The monoisotopic (exact) mass is 539 g/mol. The number of hydrogen-bond donors (Lipinski definition) is 2. The SMILES string of the molecule is COc1cc(/C=N\NC(=O)C(=O)Nc2cccc(Cl)c2Cl)cc(Cl)c1OCc1ccc(Cl)cc1. The fraction of sp³-hybridized carbons (Fsp3) is 0.0870. The number of nitrogens with zero attached hydrogens (tertiary/aromatic N) is 1. The highest BCUT2D eigenvalue weighted by molar-refractivity contribution is 6.45. The van der Waals surface area contributed by atoms with E-state index < -0.39 is 11.8 Å². The Morgan fingerprint density at radius 1 is 0.971 bits per heavy atom. The molecule has 0 unspecified atom stereocenters. The van der Waals surface area contributed by atoms with Crippen LogP contribution in [0.4, 0.5) is 5.69 Å². The molecule has 0 radical (unpaired) electrons. The van der Waals surface area contributed by atoms with Crippen molar-refractivity contribution in [3.8, 4) is 11.5 Å². The molecule has 0 atom stereocenters. The molecule has 0 fully saturated rings. The van der Waals surface area contributed by atoms with Gasteiger partial charge >= 0.3 is 11.8 Å². The smallest absolute Gasteiger partial charge is 0.329 e. The van der Waals surface area contributed by atoms with Crippen LogP contribution in [0, 0.1) is 0 Å². The van der Waals surface area contributed by atoms with Gasteiger partial charge in [0.15, 0.2) is 11.5 Å². The Morgan fingerprint density at radius 2 is 1.71 bits per heavy atom. The van der Waals surface area contributed by atoms with Crippen LogP contribution in [0.1, 0.15) is 11.1 Å². The van der Waals surface area contributed by atoms with Crippen LogP contribution in [0.15, 0.2) is 59.7 Å². The van der Waals surface area contributed by atoms with E-state index in [2.05, 4.69) is 15.8 Å². The Balaban J connectivity index is 1.63. The zero-order valence-corrected chi connectivity index (χ0v) is 20.6. The van der Waals surface area contributed by atoms with Gasteiger partial charge < -0.3 is 14.8 Å². The summed E-state index contributed by atoms with van der Waals surface area (Å²) in [5, 5.41) is 7.40. The third-order valence-corrected chi connectivity index (χ3v) is 5.69. The van der Waals surface area contributed by atoms with Crippen molar-refractivity contribution < 1.29 is 19.1 Å². The van der Waals surface area contributed by atoms with E-state index >= 15 is 0 Å². The number of nitrogens with one attached hydrogen (secondary N) is 2. The Bertz CT molecular complexity index is 1230. The lowest BCUT2D eigenvalue weighted by molar-refractivity contribution is -0.136. The first-order chi connectivity index (χ1) is 16.3. The molecule has 3 rings (SSSR count). The van der Waals surface area contributed by atoms with E-state index in [4.69, 9.17) is 55.9 Å². The molecule has 0 aliphatic heterocycles. The fourth-order valence-electron chi connectivity index (χ4n) is 2.69. The molecule has 0 aromatic heterocycles. The van der Waals surface area contributed by atoms with E-state index in [0.29, 0.717) is 22.1 Å². The molecule has 2 N–H and O–H groups in total. The summed E-state index contributed by atoms with van der Waals surface area (Å²) in [6, 6.07) is 15.0. The maximum absolute atomic E-state index is 12.1. The molecule has 3 aromatic rings. The molecule has 7 nitrogen and oxygen atoms in total. The summed E-state index contributed by atoms with van der Waals surface area (Å²) in [6.45, 7) is 0.252. The number of hydrazone groups is 1. The van der Waals surface area contributed by atoms with Crippen LogP contribution in [0.3, 0.4) is 0 Å². The average molecular weight is 541 g/mol. The fourth-order valence-corrected chi connectivity index (χ4v) is 3.43. The highest BCUT2D eigenvalue weighted by Gasteiger charge is 2.16. The molecule has 0 saturated carbocycles. The predicted octanol–water partition coefficient (Wildman–Crippen LogP) is 5.98. The second-order valence-electron chi connectivity index (χ2n) is 6.70. The Morgan fingerprint density at radius 3 is 2.41 bits per heavy atom. The van der Waals surface area contributed by atoms with Crippen LogP contribution >= 0.6 is 46.4 Å². The maximum atomic E-state index is 12.1. The van der Waals surface area contributed by atoms with Crippen molar-refractivity contribution in [2.45, 2.75) is 6.61 Å². The lowest BCUT2D eigenvalue weighted by Crippen LogP contribution is -2.32. The summed E-state index contributed by atoms with van der Waals surface area (Å²) in [4.78, 5) is 24.1. The van der Waals surface area contributed by atoms with E-state index in [1.165, 1.54) is 19.4 Å². The van der Waals surface area contributed by atoms with Gasteiger partial charge in [-0.1, -0.05) is 64.6 Å². The van der Waals surface area contributed by atoms with Gasteiger partial charge in [-0.2, -0.15) is 5.10 Å². The lowest BCUT2D eigenvalue weighted by Gasteiger charge is -2.13. The molecule has 0 bridgehead atoms. The second-order valence-corrected chi connectivity index (χ2v) is 8.33. The van der Waals surface area contributed by atoms with Crippen molar-refractivity contribution in [2.24, 2.45) is 5.10 Å². The van der Waals surface area contributed by atoms with Gasteiger partial charge in [0.05, 0.1) is 34.1 Å². The number of halogens is 4. The lowest BCUT2D eigenvalue weighted by atomic mass is 10.2. The van der Waals surface area contributed by atoms with Crippen LogP contribution in [0.5, 0.6) is 11.5 Å². The number of amides is 2. The van der Waals surface area contributed by atoms with E-state index in [-0.39, 0.29) is 27.4 Å². The predicted molar refractivity (Wildman–Crippen MR) is 135 cm³/mol. The first kappa shape index (κ1) is 25.6. The number of anilines is 1. The minimum atomic E-state index is -1.01. The number of rotatable bonds is 7. The largest absolute Gasteiger partial charge is 0.493 e. The highest BCUT2D eigenvalue weighted by Crippen LogP contribution is 2.36. The maximum Gasteiger partial charge on any atom is 0.329 e. The molecule has 0 aliphatic rings. The molecule has 34 heavy (non-hydrogen) atoms. The topological polar surface area (TPSA) is 89.0 Å². The summed E-state index contributed by atoms with van der Waals surface area (Å²) in [5.41, 5.74) is 3.72. The molecular formula is C23H17Cl4N3O4. The molecule has 2 amide bonds. The molecule has 0 spiro atoms. The van der Waals surface area contributed by atoms with Crippen LogP contribution in [-0.2, 0) is 16.2 Å². The molecule has 0 saturated heterocycles. The second kappa shape index (κ2) is 11.9. The zero-order valence-electron chi connectivity index (χ0n) is 17.6. The number of methoxy groups -OCH3 is 1. The zero-order chi connectivity index (χ0) is 24.7. The number of carbonyl (C=O) groups is 2. The summed E-state index contributed by atoms with van der Waals surface area (Å²) in [7, 11) is 1.47. The van der Waals surface area contributed by atoms with Crippen molar-refractivity contribution in [3.63, 3.8) is 0 Å². The number of carbonyl (C=O) groups excluding carboxylic acids is 2. The number of hydrogen-bond acceptors (Lipinski definition) is 5. The molecule has 176 valence electrons. The van der Waals surface area contributed by atoms with Gasteiger partial charge in [-0.15, -0.1) is 0 Å². The number of ether oxygens (including phenoxy) is 2. The Labute approximate surface area is 215 Å². The molecule has 3 aromatic carbocycles. The average Bonchev–Trinajstić information content (AvgIpc) is 2.82. The van der Waals surface area contributed by atoms with Crippen molar-refractivity contribution in [3.05, 3.63) is 85.8 Å². The molecule has 11 heteroatoms. The Kier molecular flexibility index (Phi) is 9.01. The third-order valence-electron chi connectivity index (χ3n) is 4.33. The Hall–Kier alpha value is -2.97. The third kappa shape index (κ3) is 6.77. The van der Waals surface area contributed by atoms with Crippen molar-refractivity contribution in [1.82, 2.24) is 5.43 Å². The minimum absolute atomic E-state index is 0.119. The molecular weight excluding hydrogens is 524 g/mol. The van der Waals surface area contributed by atoms with Gasteiger partial charge in [0.2, 0.25) is 0 Å². The summed E-state index contributed by atoms with van der Waals surface area (Å²) in [5.74, 6) is -1.27. The van der Waals surface area contributed by atoms with E-state index in [1.54, 1.807) is 36.4 Å². The quantitative estimate of drug-likeness (QED) is 0.219. The molecule has 0 aliphatic carbocycles. The van der Waals surface area contributed by atoms with Crippen LogP contribution in [0.25, 0.3) is 0 Å². The van der Waals surface area contributed by atoms with Gasteiger partial charge in [-0.05, 0) is 47.5 Å². The first-order valence-corrected chi connectivity index (χ1v) is 11.1. The van der Waals surface area contributed by atoms with Gasteiger partial charge in [-0.25, -0.2) is 5.43 Å². The van der Waals surface area contributed by atoms with Gasteiger partial charge in [0, 0.05) is 5.02 Å². The number of benzene rings is 3. The summed E-state index contributed by atoms with van der Waals surface area (Å²) in [6.07, 6.45) is 1.30. The van der Waals surface area contributed by atoms with Gasteiger partial charge in [0.25, 0.3) is 0 Å². The van der Waals surface area contributed by atoms with Crippen molar-refractivity contribution >= 4 is 70.1 Å².